The van der Waals surface area contributed by atoms with E-state index in [1.54, 1.807) is 6.07 Å². The third-order valence-electron chi connectivity index (χ3n) is 4.30. The number of fused-ring (bicyclic) bond motifs is 2. The van der Waals surface area contributed by atoms with Crippen LogP contribution in [0, 0.1) is 0 Å². The standard InChI is InChI=1S/C18H15BrO6/c1-21-12-6-4-10-14(17(12)22-2)18(20)25-16(10)15(19)9-3-5-11-13(7-9)24-8-23-11/h3-7,15-16H,8H2,1-2H3/t15-,16+/m1/s1. The highest BCUT2D eigenvalue weighted by Crippen LogP contribution is 2.50. The van der Waals surface area contributed by atoms with Crippen LogP contribution in [0.2, 0.25) is 0 Å². The molecule has 0 spiro atoms. The van der Waals surface area contributed by atoms with E-state index in [-0.39, 0.29) is 11.6 Å². The van der Waals surface area contributed by atoms with Crippen LogP contribution in [0.3, 0.4) is 0 Å². The van der Waals surface area contributed by atoms with Crippen LogP contribution in [0.1, 0.15) is 32.4 Å². The molecule has 0 aromatic heterocycles. The highest BCUT2D eigenvalue weighted by Gasteiger charge is 2.40. The lowest BCUT2D eigenvalue weighted by molar-refractivity contribution is 0.0382. The van der Waals surface area contributed by atoms with Gasteiger partial charge in [-0.25, -0.2) is 4.79 Å². The predicted molar refractivity (Wildman–Crippen MR) is 91.9 cm³/mol. The van der Waals surface area contributed by atoms with E-state index in [0.29, 0.717) is 28.6 Å². The Balaban J connectivity index is 1.73. The van der Waals surface area contributed by atoms with Gasteiger partial charge in [0.25, 0.3) is 0 Å². The molecular weight excluding hydrogens is 392 g/mol. The van der Waals surface area contributed by atoms with E-state index in [9.17, 15) is 4.79 Å². The fourth-order valence-corrected chi connectivity index (χ4v) is 3.78. The molecule has 7 heteroatoms. The van der Waals surface area contributed by atoms with Crippen LogP contribution in [-0.4, -0.2) is 27.0 Å². The number of carbonyl (C=O) groups excluding carboxylic acids is 1. The van der Waals surface area contributed by atoms with E-state index in [4.69, 9.17) is 23.7 Å². The van der Waals surface area contributed by atoms with Gasteiger partial charge in [0.2, 0.25) is 6.79 Å². The minimum atomic E-state index is -0.484. The van der Waals surface area contributed by atoms with Crippen molar-refractivity contribution < 1.29 is 28.5 Å². The molecular formula is C18H15BrO6. The van der Waals surface area contributed by atoms with Crippen molar-refractivity contribution in [3.05, 3.63) is 47.0 Å². The smallest absolute Gasteiger partial charge is 0.343 e. The van der Waals surface area contributed by atoms with Crippen LogP contribution in [0.4, 0.5) is 0 Å². The number of halogens is 1. The molecule has 0 unspecified atom stereocenters. The molecule has 0 fully saturated rings. The fraction of sp³-hybridized carbons (Fsp3) is 0.278. The fourth-order valence-electron chi connectivity index (χ4n) is 3.10. The molecule has 130 valence electrons. The second-order valence-electron chi connectivity index (χ2n) is 5.61. The Morgan fingerprint density at radius 3 is 2.68 bits per heavy atom. The van der Waals surface area contributed by atoms with Gasteiger partial charge in [0.05, 0.1) is 19.0 Å². The molecule has 6 nitrogen and oxygen atoms in total. The van der Waals surface area contributed by atoms with Crippen molar-refractivity contribution in [2.24, 2.45) is 0 Å². The van der Waals surface area contributed by atoms with Crippen LogP contribution in [-0.2, 0) is 4.74 Å². The van der Waals surface area contributed by atoms with Gasteiger partial charge in [-0.05, 0) is 23.8 Å². The summed E-state index contributed by atoms with van der Waals surface area (Å²) >= 11 is 3.65. The van der Waals surface area contributed by atoms with Crippen LogP contribution < -0.4 is 18.9 Å². The van der Waals surface area contributed by atoms with Gasteiger partial charge in [-0.15, -0.1) is 0 Å². The van der Waals surface area contributed by atoms with Gasteiger partial charge in [0, 0.05) is 5.56 Å². The van der Waals surface area contributed by atoms with Crippen LogP contribution in [0.15, 0.2) is 30.3 Å². The molecule has 0 N–H and O–H groups in total. The molecule has 0 aliphatic carbocycles. The largest absolute Gasteiger partial charge is 0.493 e. The number of esters is 1. The van der Waals surface area contributed by atoms with Gasteiger partial charge in [0.1, 0.15) is 11.7 Å². The molecule has 0 radical (unpaired) electrons. The van der Waals surface area contributed by atoms with E-state index in [1.165, 1.54) is 14.2 Å². The Kier molecular flexibility index (Phi) is 3.95. The van der Waals surface area contributed by atoms with Crippen LogP contribution in [0.5, 0.6) is 23.0 Å². The minimum absolute atomic E-state index is 0.212. The molecule has 0 amide bonds. The molecule has 2 heterocycles. The molecule has 4 rings (SSSR count). The second-order valence-corrected chi connectivity index (χ2v) is 6.59. The summed E-state index contributed by atoms with van der Waals surface area (Å²) in [5.74, 6) is 1.84. The summed E-state index contributed by atoms with van der Waals surface area (Å²) in [7, 11) is 3.03. The zero-order valence-electron chi connectivity index (χ0n) is 13.6. The van der Waals surface area contributed by atoms with Gasteiger partial charge in [-0.3, -0.25) is 0 Å². The number of ether oxygens (including phenoxy) is 5. The predicted octanol–water partition coefficient (Wildman–Crippen LogP) is 3.78. The van der Waals surface area contributed by atoms with E-state index in [0.717, 1.165) is 11.1 Å². The van der Waals surface area contributed by atoms with Crippen LogP contribution in [0.25, 0.3) is 0 Å². The van der Waals surface area contributed by atoms with Crippen molar-refractivity contribution in [2.45, 2.75) is 10.9 Å². The maximum atomic E-state index is 12.4. The van der Waals surface area contributed by atoms with E-state index in [1.807, 2.05) is 24.3 Å². The molecule has 2 aromatic carbocycles. The summed E-state index contributed by atoms with van der Waals surface area (Å²) < 4.78 is 27.0. The van der Waals surface area contributed by atoms with Crippen LogP contribution >= 0.6 is 15.9 Å². The number of carbonyl (C=O) groups is 1. The molecule has 0 saturated carbocycles. The maximum absolute atomic E-state index is 12.4. The van der Waals surface area contributed by atoms with Crippen molar-refractivity contribution in [3.63, 3.8) is 0 Å². The Bertz CT molecular complexity index is 850. The zero-order valence-corrected chi connectivity index (χ0v) is 15.2. The SMILES string of the molecule is COc1ccc2c(c1OC)C(=O)O[C@@H]2[C@H](Br)c1ccc2c(c1)OCO2. The molecule has 2 aromatic rings. The van der Waals surface area contributed by atoms with Gasteiger partial charge >= 0.3 is 5.97 Å². The minimum Gasteiger partial charge on any atom is -0.493 e. The average molecular weight is 407 g/mol. The number of methoxy groups -OCH3 is 2. The number of cyclic esters (lactones) is 1. The van der Waals surface area contributed by atoms with Crippen molar-refractivity contribution in [1.29, 1.82) is 0 Å². The summed E-state index contributed by atoms with van der Waals surface area (Å²) in [6, 6.07) is 9.24. The Labute approximate surface area is 152 Å². The summed E-state index contributed by atoms with van der Waals surface area (Å²) in [4.78, 5) is 12.2. The van der Waals surface area contributed by atoms with Gasteiger partial charge < -0.3 is 23.7 Å². The topological polar surface area (TPSA) is 63.2 Å². The highest BCUT2D eigenvalue weighted by molar-refractivity contribution is 9.09. The molecule has 25 heavy (non-hydrogen) atoms. The number of hydrogen-bond donors (Lipinski definition) is 0. The number of benzene rings is 2. The van der Waals surface area contributed by atoms with Gasteiger partial charge in [-0.1, -0.05) is 28.1 Å². The second kappa shape index (κ2) is 6.15. The highest BCUT2D eigenvalue weighted by atomic mass is 79.9. The van der Waals surface area contributed by atoms with E-state index >= 15 is 0 Å². The first kappa shape index (κ1) is 16.1. The van der Waals surface area contributed by atoms with Gasteiger partial charge in [-0.2, -0.15) is 0 Å². The first-order valence-corrected chi connectivity index (χ1v) is 8.55. The Morgan fingerprint density at radius 1 is 1.12 bits per heavy atom. The summed E-state index contributed by atoms with van der Waals surface area (Å²) in [5.41, 5.74) is 2.07. The summed E-state index contributed by atoms with van der Waals surface area (Å²) in [6.45, 7) is 0.212. The molecule has 0 saturated heterocycles. The van der Waals surface area contributed by atoms with E-state index in [2.05, 4.69) is 15.9 Å². The lowest BCUT2D eigenvalue weighted by atomic mass is 9.98. The normalized spacial score (nSPS) is 18.5. The van der Waals surface area contributed by atoms with Crippen molar-refractivity contribution in [1.82, 2.24) is 0 Å². The third-order valence-corrected chi connectivity index (χ3v) is 5.31. The van der Waals surface area contributed by atoms with Crippen molar-refractivity contribution in [2.75, 3.05) is 21.0 Å². The first-order chi connectivity index (χ1) is 12.1. The van der Waals surface area contributed by atoms with Gasteiger partial charge in [0.15, 0.2) is 23.0 Å². The quantitative estimate of drug-likeness (QED) is 0.568. The zero-order chi connectivity index (χ0) is 17.6. The molecule has 2 atom stereocenters. The summed E-state index contributed by atoms with van der Waals surface area (Å²) in [6.07, 6.45) is -0.484. The number of alkyl halides is 1. The molecule has 0 bridgehead atoms. The lowest BCUT2D eigenvalue weighted by Gasteiger charge is -2.18. The third kappa shape index (κ3) is 2.50. The first-order valence-electron chi connectivity index (χ1n) is 7.63. The summed E-state index contributed by atoms with van der Waals surface area (Å²) in [5, 5.41) is 0. The number of hydrogen-bond acceptors (Lipinski definition) is 6. The monoisotopic (exact) mass is 406 g/mol. The lowest BCUT2D eigenvalue weighted by Crippen LogP contribution is -2.06. The maximum Gasteiger partial charge on any atom is 0.343 e. The van der Waals surface area contributed by atoms with Crippen molar-refractivity contribution >= 4 is 21.9 Å². The average Bonchev–Trinajstić information content (AvgIpc) is 3.24. The molecule has 2 aliphatic rings. The molecule has 2 aliphatic heterocycles. The Hall–Kier alpha value is -2.41. The number of rotatable bonds is 4. The van der Waals surface area contributed by atoms with E-state index < -0.39 is 12.1 Å². The Morgan fingerprint density at radius 2 is 1.92 bits per heavy atom. The van der Waals surface area contributed by atoms with Crippen molar-refractivity contribution in [3.8, 4) is 23.0 Å².